The van der Waals surface area contributed by atoms with Crippen molar-refractivity contribution in [2.75, 3.05) is 0 Å². The molecule has 0 radical (unpaired) electrons. The van der Waals surface area contributed by atoms with Gasteiger partial charge in [0.15, 0.2) is 5.78 Å². The van der Waals surface area contributed by atoms with Crippen LogP contribution >= 0.6 is 0 Å². The third kappa shape index (κ3) is 3.66. The van der Waals surface area contributed by atoms with Crippen LogP contribution in [0.2, 0.25) is 0 Å². The van der Waals surface area contributed by atoms with Crippen LogP contribution in [0.25, 0.3) is 0 Å². The maximum atomic E-state index is 14.6. The Labute approximate surface area is 239 Å². The smallest absolute Gasteiger partial charge is 0.244 e. The second kappa shape index (κ2) is 8.76. The Morgan fingerprint density at radius 2 is 1.55 bits per heavy atom. The van der Waals surface area contributed by atoms with Gasteiger partial charge in [-0.05, 0) is 84.4 Å². The lowest BCUT2D eigenvalue weighted by Gasteiger charge is -2.71. The highest BCUT2D eigenvalue weighted by atomic mass is 16.2. The summed E-state index contributed by atoms with van der Waals surface area (Å²) in [7, 11) is 0. The topological polar surface area (TPSA) is 116 Å². The average molecular weight is 550 g/mol. The van der Waals surface area contributed by atoms with Crippen molar-refractivity contribution in [1.29, 1.82) is 5.26 Å². The minimum atomic E-state index is -0.685. The Bertz CT molecular complexity index is 1260. The highest BCUT2D eigenvalue weighted by Gasteiger charge is 2.73. The van der Waals surface area contributed by atoms with Crippen molar-refractivity contribution in [1.82, 2.24) is 10.9 Å². The minimum absolute atomic E-state index is 0.0144. The first kappa shape index (κ1) is 29.0. The molecular formula is C33H47N3O4. The van der Waals surface area contributed by atoms with Gasteiger partial charge >= 0.3 is 0 Å². The van der Waals surface area contributed by atoms with Crippen LogP contribution in [-0.4, -0.2) is 23.4 Å². The first-order chi connectivity index (χ1) is 18.4. The molecule has 4 saturated carbocycles. The molecule has 0 aromatic heterocycles. The molecule has 0 spiro atoms. The molecule has 0 bridgehead atoms. The lowest BCUT2D eigenvalue weighted by Crippen LogP contribution is -2.70. The standard InChI is InChI=1S/C33H47N3O4/c1-19(37)35-36-27(40)33-13-11-28(2,3)17-21(33)25-22(38)15-24-30(6)16-20(18-34)26(39)29(4,5)23(30)9-10-31(24,7)32(25,8)12-14-33/h16,21,23-25H,9-15,17H2,1-8H3,(H,35,37)(H,36,40)/t21?,23-,24+,25?,30-,31+,32+,33-/m0/s1. The molecule has 5 rings (SSSR count). The van der Waals surface area contributed by atoms with Crippen LogP contribution < -0.4 is 10.9 Å². The summed E-state index contributed by atoms with van der Waals surface area (Å²) in [5, 5.41) is 9.92. The molecule has 0 saturated heterocycles. The van der Waals surface area contributed by atoms with E-state index < -0.39 is 16.2 Å². The zero-order valence-electron chi connectivity index (χ0n) is 25.6. The normalized spacial score (nSPS) is 44.9. The number of allylic oxidation sites excluding steroid dienone is 2. The van der Waals surface area contributed by atoms with Crippen LogP contribution in [0.3, 0.4) is 0 Å². The monoisotopic (exact) mass is 549 g/mol. The molecule has 218 valence electrons. The summed E-state index contributed by atoms with van der Waals surface area (Å²) in [5.74, 6) is -0.592. The number of fused-ring (bicyclic) bond motifs is 7. The SMILES string of the molecule is CC(=O)NNC(=O)[C@]12CCC(C)(C)CC1C1C(=O)C[C@@H]3[C@@]4(C)C=C(C#N)C(=O)C(C)(C)[C@@H]4CC[C@@]3(C)[C@]1(C)CC2. The first-order valence-corrected chi connectivity index (χ1v) is 15.2. The van der Waals surface area contributed by atoms with Crippen molar-refractivity contribution in [2.45, 2.75) is 107 Å². The molecule has 5 aliphatic rings. The number of Topliss-reactive ketones (excluding diaryl/α,β-unsaturated/α-hetero) is 2. The van der Waals surface area contributed by atoms with Crippen molar-refractivity contribution in [3.05, 3.63) is 11.6 Å². The molecular weight excluding hydrogens is 502 g/mol. The molecule has 2 unspecified atom stereocenters. The Balaban J connectivity index is 1.61. The van der Waals surface area contributed by atoms with Gasteiger partial charge in [-0.15, -0.1) is 0 Å². The number of carbonyl (C=O) groups excluding carboxylic acids is 4. The summed E-state index contributed by atoms with van der Waals surface area (Å²) in [5.41, 5.74) is 3.17. The summed E-state index contributed by atoms with van der Waals surface area (Å²) >= 11 is 0. The number of hydrogen-bond donors (Lipinski definition) is 2. The minimum Gasteiger partial charge on any atom is -0.299 e. The van der Waals surface area contributed by atoms with Gasteiger partial charge in [0.1, 0.15) is 11.9 Å². The van der Waals surface area contributed by atoms with Gasteiger partial charge in [-0.2, -0.15) is 5.26 Å². The van der Waals surface area contributed by atoms with Crippen molar-refractivity contribution < 1.29 is 19.2 Å². The van der Waals surface area contributed by atoms with Crippen LogP contribution in [0, 0.1) is 67.5 Å². The molecule has 0 heterocycles. The number of hydrogen-bond acceptors (Lipinski definition) is 5. The number of ketones is 2. The molecule has 5 aliphatic carbocycles. The van der Waals surface area contributed by atoms with E-state index in [1.54, 1.807) is 0 Å². The number of amides is 2. The molecule has 0 aromatic carbocycles. The summed E-state index contributed by atoms with van der Waals surface area (Å²) in [6, 6.07) is 2.19. The van der Waals surface area contributed by atoms with Gasteiger partial charge in [0.2, 0.25) is 11.8 Å². The largest absolute Gasteiger partial charge is 0.299 e. The quantitative estimate of drug-likeness (QED) is 0.422. The summed E-state index contributed by atoms with van der Waals surface area (Å²) in [4.78, 5) is 53.3. The zero-order chi connectivity index (χ0) is 29.7. The van der Waals surface area contributed by atoms with Gasteiger partial charge in [-0.25, -0.2) is 0 Å². The van der Waals surface area contributed by atoms with Crippen LogP contribution in [-0.2, 0) is 19.2 Å². The van der Waals surface area contributed by atoms with Crippen LogP contribution in [0.4, 0.5) is 0 Å². The molecule has 8 atom stereocenters. The number of nitrogens with one attached hydrogen (secondary N) is 2. The van der Waals surface area contributed by atoms with Crippen molar-refractivity contribution in [3.63, 3.8) is 0 Å². The van der Waals surface area contributed by atoms with E-state index >= 15 is 0 Å². The molecule has 2 amide bonds. The summed E-state index contributed by atoms with van der Waals surface area (Å²) in [6.45, 7) is 16.7. The number of rotatable bonds is 1. The second-order valence-corrected chi connectivity index (χ2v) is 16.0. The predicted molar refractivity (Wildman–Crippen MR) is 151 cm³/mol. The van der Waals surface area contributed by atoms with E-state index in [0.717, 1.165) is 32.1 Å². The fourth-order valence-electron chi connectivity index (χ4n) is 11.0. The third-order valence-corrected chi connectivity index (χ3v) is 13.3. The maximum Gasteiger partial charge on any atom is 0.244 e. The number of nitrogens with zero attached hydrogens (tertiary/aromatic N) is 1. The Hall–Kier alpha value is -2.49. The van der Waals surface area contributed by atoms with E-state index in [1.807, 2.05) is 19.9 Å². The predicted octanol–water partition coefficient (Wildman–Crippen LogP) is 5.45. The van der Waals surface area contributed by atoms with Gasteiger partial charge in [0.25, 0.3) is 0 Å². The zero-order valence-corrected chi connectivity index (χ0v) is 25.6. The maximum absolute atomic E-state index is 14.6. The van der Waals surface area contributed by atoms with E-state index in [-0.39, 0.29) is 68.9 Å². The van der Waals surface area contributed by atoms with Crippen LogP contribution in [0.15, 0.2) is 11.6 Å². The average Bonchev–Trinajstić information content (AvgIpc) is 2.86. The van der Waals surface area contributed by atoms with Crippen molar-refractivity contribution in [2.24, 2.45) is 56.2 Å². The summed E-state index contributed by atoms with van der Waals surface area (Å²) in [6.07, 6.45) is 7.99. The third-order valence-electron chi connectivity index (χ3n) is 13.3. The molecule has 7 nitrogen and oxygen atoms in total. The Kier molecular flexibility index (Phi) is 6.35. The van der Waals surface area contributed by atoms with E-state index in [4.69, 9.17) is 0 Å². The molecule has 0 aliphatic heterocycles. The van der Waals surface area contributed by atoms with Gasteiger partial charge in [0.05, 0.1) is 11.0 Å². The fourth-order valence-corrected chi connectivity index (χ4v) is 11.0. The van der Waals surface area contributed by atoms with Gasteiger partial charge in [-0.3, -0.25) is 30.0 Å². The number of hydrazine groups is 1. The molecule has 40 heavy (non-hydrogen) atoms. The van der Waals surface area contributed by atoms with E-state index in [9.17, 15) is 24.4 Å². The van der Waals surface area contributed by atoms with Crippen molar-refractivity contribution in [3.8, 4) is 6.07 Å². The molecule has 7 heteroatoms. The van der Waals surface area contributed by atoms with Crippen LogP contribution in [0.5, 0.6) is 0 Å². The van der Waals surface area contributed by atoms with E-state index in [0.29, 0.717) is 19.3 Å². The van der Waals surface area contributed by atoms with Crippen LogP contribution in [0.1, 0.15) is 107 Å². The lowest BCUT2D eigenvalue weighted by molar-refractivity contribution is -0.222. The molecule has 2 N–H and O–H groups in total. The van der Waals surface area contributed by atoms with E-state index in [1.165, 1.54) is 6.92 Å². The van der Waals surface area contributed by atoms with Gasteiger partial charge < -0.3 is 0 Å². The van der Waals surface area contributed by atoms with Gasteiger partial charge in [0, 0.05) is 24.7 Å². The first-order valence-electron chi connectivity index (χ1n) is 15.2. The Morgan fingerprint density at radius 3 is 2.17 bits per heavy atom. The Morgan fingerprint density at radius 1 is 0.900 bits per heavy atom. The summed E-state index contributed by atoms with van der Waals surface area (Å²) < 4.78 is 0. The number of carbonyl (C=O) groups is 4. The van der Waals surface area contributed by atoms with E-state index in [2.05, 4.69) is 51.5 Å². The molecule has 4 fully saturated rings. The lowest BCUT2D eigenvalue weighted by atomic mass is 9.31. The molecule has 0 aromatic rings. The number of nitriles is 1. The fraction of sp³-hybridized carbons (Fsp3) is 0.788. The van der Waals surface area contributed by atoms with Gasteiger partial charge in [-0.1, -0.05) is 54.5 Å². The van der Waals surface area contributed by atoms with Crippen molar-refractivity contribution >= 4 is 23.4 Å². The highest BCUT2D eigenvalue weighted by Crippen LogP contribution is 2.75. The highest BCUT2D eigenvalue weighted by molar-refractivity contribution is 6.04. The second-order valence-electron chi connectivity index (χ2n) is 16.0.